The maximum Gasteiger partial charge on any atom is 0.109 e. The first-order valence-electron chi connectivity index (χ1n) is 5.60. The second kappa shape index (κ2) is 6.09. The minimum atomic E-state index is 0.346. The highest BCUT2D eigenvalue weighted by molar-refractivity contribution is 9.10. The molecule has 0 fully saturated rings. The Labute approximate surface area is 118 Å². The van der Waals surface area contributed by atoms with Crippen LogP contribution in [0.25, 0.3) is 0 Å². The van der Waals surface area contributed by atoms with Crippen LogP contribution in [0.1, 0.15) is 42.2 Å². The third-order valence-corrected chi connectivity index (χ3v) is 5.59. The van der Waals surface area contributed by atoms with Gasteiger partial charge in [0.2, 0.25) is 0 Å². The molecule has 2 rings (SSSR count). The molecular weight excluding hydrogens is 316 g/mol. The first kappa shape index (κ1) is 13.2. The molecule has 0 aliphatic carbocycles. The molecular formula is C12H15BrN2S2. The van der Waals surface area contributed by atoms with Crippen molar-refractivity contribution in [3.8, 4) is 0 Å². The number of halogens is 1. The van der Waals surface area contributed by atoms with Gasteiger partial charge in [-0.2, -0.15) is 0 Å². The fourth-order valence-electron chi connectivity index (χ4n) is 1.76. The molecule has 0 saturated carbocycles. The maximum absolute atomic E-state index is 4.39. The molecule has 0 aromatic carbocycles. The van der Waals surface area contributed by atoms with Gasteiger partial charge >= 0.3 is 0 Å². The van der Waals surface area contributed by atoms with E-state index in [4.69, 9.17) is 0 Å². The predicted molar refractivity (Wildman–Crippen MR) is 78.7 cm³/mol. The van der Waals surface area contributed by atoms with Gasteiger partial charge in [-0.25, -0.2) is 4.98 Å². The van der Waals surface area contributed by atoms with Crippen molar-refractivity contribution in [2.24, 2.45) is 0 Å². The van der Waals surface area contributed by atoms with Crippen LogP contribution in [0.2, 0.25) is 0 Å². The van der Waals surface area contributed by atoms with Crippen LogP contribution >= 0.6 is 38.6 Å². The van der Waals surface area contributed by atoms with E-state index in [1.165, 1.54) is 14.4 Å². The Balaban J connectivity index is 2.07. The minimum absolute atomic E-state index is 0.346. The molecule has 0 saturated heterocycles. The number of thiazole rings is 1. The Bertz CT molecular complexity index is 453. The van der Waals surface area contributed by atoms with Crippen LogP contribution < -0.4 is 5.32 Å². The number of rotatable bonds is 5. The molecule has 1 N–H and O–H groups in total. The number of hydrogen-bond acceptors (Lipinski definition) is 4. The molecule has 0 amide bonds. The quantitative estimate of drug-likeness (QED) is 0.854. The summed E-state index contributed by atoms with van der Waals surface area (Å²) in [5, 5.41) is 8.96. The lowest BCUT2D eigenvalue weighted by atomic mass is 10.2. The zero-order valence-electron chi connectivity index (χ0n) is 9.81. The molecule has 2 nitrogen and oxygen atoms in total. The molecule has 0 aliphatic rings. The highest BCUT2D eigenvalue weighted by atomic mass is 79.9. The first-order valence-corrected chi connectivity index (χ1v) is 8.16. The summed E-state index contributed by atoms with van der Waals surface area (Å²) in [6.07, 6.45) is 2.93. The summed E-state index contributed by atoms with van der Waals surface area (Å²) >= 11 is 7.08. The van der Waals surface area contributed by atoms with Gasteiger partial charge in [0.05, 0.1) is 6.04 Å². The topological polar surface area (TPSA) is 24.9 Å². The standard InChI is InChI=1S/C12H15BrN2S2/c1-3-10(12-14-5-7-17-12)15-8(2)11-9(13)4-6-16-11/h4-8,10,15H,3H2,1-2H3. The van der Waals surface area contributed by atoms with Crippen molar-refractivity contribution in [1.29, 1.82) is 0 Å². The van der Waals surface area contributed by atoms with Gasteiger partial charge in [0.25, 0.3) is 0 Å². The summed E-state index contributed by atoms with van der Waals surface area (Å²) < 4.78 is 1.19. The van der Waals surface area contributed by atoms with Crippen molar-refractivity contribution < 1.29 is 0 Å². The van der Waals surface area contributed by atoms with Gasteiger partial charge in [-0.05, 0) is 40.7 Å². The Hall–Kier alpha value is -0.230. The van der Waals surface area contributed by atoms with E-state index in [9.17, 15) is 0 Å². The zero-order valence-corrected chi connectivity index (χ0v) is 13.0. The minimum Gasteiger partial charge on any atom is -0.300 e. The molecule has 0 aliphatic heterocycles. The lowest BCUT2D eigenvalue weighted by Crippen LogP contribution is -2.23. The van der Waals surface area contributed by atoms with Crippen LogP contribution in [0.3, 0.4) is 0 Å². The Morgan fingerprint density at radius 2 is 2.24 bits per heavy atom. The number of aromatic nitrogens is 1. The third-order valence-electron chi connectivity index (χ3n) is 2.65. The van der Waals surface area contributed by atoms with Gasteiger partial charge < -0.3 is 5.32 Å². The number of hydrogen-bond donors (Lipinski definition) is 1. The lowest BCUT2D eigenvalue weighted by molar-refractivity contribution is 0.458. The van der Waals surface area contributed by atoms with Gasteiger partial charge in [-0.3, -0.25) is 0 Å². The van der Waals surface area contributed by atoms with Gasteiger partial charge in [0.1, 0.15) is 5.01 Å². The van der Waals surface area contributed by atoms with E-state index in [2.05, 4.69) is 51.5 Å². The van der Waals surface area contributed by atoms with Crippen molar-refractivity contribution in [1.82, 2.24) is 10.3 Å². The number of thiophene rings is 1. The molecule has 2 aromatic rings. The molecule has 0 radical (unpaired) electrons. The second-order valence-corrected chi connectivity index (χ2v) is 6.58. The van der Waals surface area contributed by atoms with Crippen LogP contribution in [-0.2, 0) is 0 Å². The maximum atomic E-state index is 4.39. The molecule has 5 heteroatoms. The van der Waals surface area contributed by atoms with Crippen LogP contribution in [0.4, 0.5) is 0 Å². The molecule has 2 heterocycles. The molecule has 2 unspecified atom stereocenters. The average molecular weight is 331 g/mol. The average Bonchev–Trinajstić information content (AvgIpc) is 2.96. The van der Waals surface area contributed by atoms with Crippen molar-refractivity contribution in [2.75, 3.05) is 0 Å². The van der Waals surface area contributed by atoms with Gasteiger partial charge in [0.15, 0.2) is 0 Å². The molecule has 92 valence electrons. The van der Waals surface area contributed by atoms with Crippen LogP contribution in [0.15, 0.2) is 27.5 Å². The molecule has 0 bridgehead atoms. The van der Waals surface area contributed by atoms with Gasteiger partial charge in [0, 0.05) is 27.0 Å². The number of nitrogens with one attached hydrogen (secondary N) is 1. The highest BCUT2D eigenvalue weighted by Crippen LogP contribution is 2.31. The van der Waals surface area contributed by atoms with E-state index >= 15 is 0 Å². The van der Waals surface area contributed by atoms with Gasteiger partial charge in [-0.15, -0.1) is 22.7 Å². The summed E-state index contributed by atoms with van der Waals surface area (Å²) in [5.74, 6) is 0. The predicted octanol–water partition coefficient (Wildman–Crippen LogP) is 4.77. The van der Waals surface area contributed by atoms with E-state index in [1.807, 2.05) is 11.6 Å². The van der Waals surface area contributed by atoms with E-state index in [1.54, 1.807) is 22.7 Å². The zero-order chi connectivity index (χ0) is 12.3. The molecule has 2 aromatic heterocycles. The summed E-state index contributed by atoms with van der Waals surface area (Å²) in [7, 11) is 0. The summed E-state index contributed by atoms with van der Waals surface area (Å²) in [6.45, 7) is 4.39. The third kappa shape index (κ3) is 3.16. The molecule has 0 spiro atoms. The Morgan fingerprint density at radius 1 is 1.41 bits per heavy atom. The summed E-state index contributed by atoms with van der Waals surface area (Å²) in [5.41, 5.74) is 0. The Kier molecular flexibility index (Phi) is 4.73. The smallest absolute Gasteiger partial charge is 0.109 e. The van der Waals surface area contributed by atoms with Crippen molar-refractivity contribution >= 4 is 38.6 Å². The first-order chi connectivity index (χ1) is 8.22. The van der Waals surface area contributed by atoms with Gasteiger partial charge in [-0.1, -0.05) is 6.92 Å². The van der Waals surface area contributed by atoms with E-state index < -0.39 is 0 Å². The summed E-state index contributed by atoms with van der Waals surface area (Å²) in [4.78, 5) is 5.74. The van der Waals surface area contributed by atoms with Crippen molar-refractivity contribution in [2.45, 2.75) is 32.4 Å². The monoisotopic (exact) mass is 330 g/mol. The van der Waals surface area contributed by atoms with E-state index in [-0.39, 0.29) is 0 Å². The molecule has 17 heavy (non-hydrogen) atoms. The van der Waals surface area contributed by atoms with Crippen LogP contribution in [0.5, 0.6) is 0 Å². The lowest BCUT2D eigenvalue weighted by Gasteiger charge is -2.20. The van der Waals surface area contributed by atoms with E-state index in [0.29, 0.717) is 12.1 Å². The van der Waals surface area contributed by atoms with Crippen molar-refractivity contribution in [3.05, 3.63) is 37.4 Å². The highest BCUT2D eigenvalue weighted by Gasteiger charge is 2.17. The SMILES string of the molecule is CCC(NC(C)c1sccc1Br)c1nccs1. The van der Waals surface area contributed by atoms with Crippen molar-refractivity contribution in [3.63, 3.8) is 0 Å². The summed E-state index contributed by atoms with van der Waals surface area (Å²) in [6, 6.07) is 2.79. The van der Waals surface area contributed by atoms with E-state index in [0.717, 1.165) is 6.42 Å². The molecule has 2 atom stereocenters. The Morgan fingerprint density at radius 3 is 2.76 bits per heavy atom. The normalized spacial score (nSPS) is 14.8. The number of nitrogens with zero attached hydrogens (tertiary/aromatic N) is 1. The van der Waals surface area contributed by atoms with Crippen LogP contribution in [-0.4, -0.2) is 4.98 Å². The van der Waals surface area contributed by atoms with Crippen LogP contribution in [0, 0.1) is 0 Å². The second-order valence-electron chi connectivity index (χ2n) is 3.85. The largest absolute Gasteiger partial charge is 0.300 e. The fourth-order valence-corrected chi connectivity index (χ4v) is 4.28. The fraction of sp³-hybridized carbons (Fsp3) is 0.417.